The van der Waals surface area contributed by atoms with E-state index in [-0.39, 0.29) is 5.41 Å². The van der Waals surface area contributed by atoms with Crippen molar-refractivity contribution in [2.24, 2.45) is 0 Å². The van der Waals surface area contributed by atoms with Crippen LogP contribution in [0.15, 0.2) is 47.1 Å². The molecule has 0 aliphatic heterocycles. The summed E-state index contributed by atoms with van der Waals surface area (Å²) in [6.07, 6.45) is 0. The number of hydrogen-bond donors (Lipinski definition) is 0. The number of rotatable bonds is 1. The molecule has 0 spiro atoms. The Morgan fingerprint density at radius 1 is 1.05 bits per heavy atom. The monoisotopic (exact) mass is 268 g/mol. The van der Waals surface area contributed by atoms with Crippen molar-refractivity contribution >= 4 is 10.8 Å². The van der Waals surface area contributed by atoms with Crippen LogP contribution in [0, 0.1) is 5.21 Å². The summed E-state index contributed by atoms with van der Waals surface area (Å²) in [6.45, 7) is 6.03. The molecule has 0 fully saturated rings. The third kappa shape index (κ3) is 2.03. The molecule has 4 heteroatoms. The highest BCUT2D eigenvalue weighted by atomic mass is 16.8. The van der Waals surface area contributed by atoms with E-state index in [0.29, 0.717) is 16.3 Å². The van der Waals surface area contributed by atoms with E-state index in [0.717, 1.165) is 16.3 Å². The van der Waals surface area contributed by atoms with Crippen molar-refractivity contribution in [3.8, 4) is 11.3 Å². The standard InChI is InChI=1S/C16H16N2O2/c1-16(2,3)15-14(18(19)20-17-15)13-9-8-11-6-4-5-7-12(11)10-13/h4-10H,1-3H3. The van der Waals surface area contributed by atoms with E-state index < -0.39 is 0 Å². The van der Waals surface area contributed by atoms with Crippen LogP contribution >= 0.6 is 0 Å². The van der Waals surface area contributed by atoms with Crippen molar-refractivity contribution < 1.29 is 9.53 Å². The lowest BCUT2D eigenvalue weighted by Gasteiger charge is -2.12. The van der Waals surface area contributed by atoms with Crippen LogP contribution in [0.2, 0.25) is 0 Å². The van der Waals surface area contributed by atoms with Crippen molar-refractivity contribution in [1.29, 1.82) is 0 Å². The number of aromatic nitrogens is 2. The number of nitrogens with zero attached hydrogens (tertiary/aromatic N) is 2. The van der Waals surface area contributed by atoms with Gasteiger partial charge in [-0.05, 0) is 27.8 Å². The lowest BCUT2D eigenvalue weighted by molar-refractivity contribution is -0.793. The highest BCUT2D eigenvalue weighted by Crippen LogP contribution is 2.30. The van der Waals surface area contributed by atoms with Crippen LogP contribution in [-0.4, -0.2) is 5.16 Å². The zero-order valence-corrected chi connectivity index (χ0v) is 11.8. The second kappa shape index (κ2) is 4.34. The molecule has 0 saturated heterocycles. The van der Waals surface area contributed by atoms with Crippen LogP contribution in [-0.2, 0) is 5.41 Å². The lowest BCUT2D eigenvalue weighted by atomic mass is 9.88. The number of benzene rings is 2. The summed E-state index contributed by atoms with van der Waals surface area (Å²) in [5.74, 6) is 0. The largest absolute Gasteiger partial charge is 0.359 e. The van der Waals surface area contributed by atoms with Gasteiger partial charge in [0.1, 0.15) is 0 Å². The maximum absolute atomic E-state index is 11.9. The lowest BCUT2D eigenvalue weighted by Crippen LogP contribution is -2.27. The van der Waals surface area contributed by atoms with E-state index in [1.54, 1.807) is 0 Å². The van der Waals surface area contributed by atoms with Crippen molar-refractivity contribution in [2.45, 2.75) is 26.2 Å². The second-order valence-electron chi connectivity index (χ2n) is 5.94. The maximum Gasteiger partial charge on any atom is 0.231 e. The first kappa shape index (κ1) is 12.7. The molecule has 0 bridgehead atoms. The molecule has 3 aromatic rings. The first-order chi connectivity index (χ1) is 9.47. The van der Waals surface area contributed by atoms with Gasteiger partial charge in [-0.3, -0.25) is 4.63 Å². The maximum atomic E-state index is 11.9. The fraction of sp³-hybridized carbons (Fsp3) is 0.250. The van der Waals surface area contributed by atoms with Crippen molar-refractivity contribution in [3.05, 3.63) is 53.4 Å². The van der Waals surface area contributed by atoms with Gasteiger partial charge in [-0.2, -0.15) is 0 Å². The highest BCUT2D eigenvalue weighted by Gasteiger charge is 2.31. The summed E-state index contributed by atoms with van der Waals surface area (Å²) in [5, 5.41) is 18.1. The fourth-order valence-electron chi connectivity index (χ4n) is 2.32. The van der Waals surface area contributed by atoms with Gasteiger partial charge < -0.3 is 5.21 Å². The van der Waals surface area contributed by atoms with Crippen LogP contribution in [0.25, 0.3) is 22.0 Å². The molecular weight excluding hydrogens is 252 g/mol. The molecule has 0 unspecified atom stereocenters. The van der Waals surface area contributed by atoms with E-state index in [4.69, 9.17) is 4.63 Å². The van der Waals surface area contributed by atoms with Crippen LogP contribution in [0.5, 0.6) is 0 Å². The Labute approximate surface area is 117 Å². The number of hydrogen-bond acceptors (Lipinski definition) is 3. The molecule has 0 radical (unpaired) electrons. The molecule has 0 atom stereocenters. The minimum absolute atomic E-state index is 0.250. The van der Waals surface area contributed by atoms with Gasteiger partial charge in [-0.25, -0.2) is 0 Å². The fourth-order valence-corrected chi connectivity index (χ4v) is 2.32. The van der Waals surface area contributed by atoms with Crippen LogP contribution in [0.4, 0.5) is 0 Å². The Hall–Kier alpha value is -2.36. The minimum Gasteiger partial charge on any atom is -0.359 e. The van der Waals surface area contributed by atoms with E-state index >= 15 is 0 Å². The van der Waals surface area contributed by atoms with Crippen LogP contribution < -0.4 is 4.90 Å². The predicted octanol–water partition coefficient (Wildman–Crippen LogP) is 3.43. The summed E-state index contributed by atoms with van der Waals surface area (Å²) in [7, 11) is 0. The third-order valence-electron chi connectivity index (χ3n) is 3.35. The van der Waals surface area contributed by atoms with Crippen LogP contribution in [0.3, 0.4) is 0 Å². The zero-order chi connectivity index (χ0) is 14.3. The number of fused-ring (bicyclic) bond motifs is 1. The Morgan fingerprint density at radius 3 is 2.45 bits per heavy atom. The highest BCUT2D eigenvalue weighted by molar-refractivity contribution is 5.86. The Bertz CT molecular complexity index is 769. The third-order valence-corrected chi connectivity index (χ3v) is 3.35. The van der Waals surface area contributed by atoms with E-state index in [9.17, 15) is 5.21 Å². The molecule has 0 saturated carbocycles. The molecule has 0 aliphatic carbocycles. The predicted molar refractivity (Wildman–Crippen MR) is 77.1 cm³/mol. The molecule has 0 amide bonds. The minimum atomic E-state index is -0.250. The van der Waals surface area contributed by atoms with Gasteiger partial charge in [0.2, 0.25) is 11.4 Å². The molecule has 1 heterocycles. The van der Waals surface area contributed by atoms with Gasteiger partial charge in [0.25, 0.3) is 0 Å². The van der Waals surface area contributed by atoms with Gasteiger partial charge in [-0.1, -0.05) is 51.1 Å². The van der Waals surface area contributed by atoms with Gasteiger partial charge in [0.05, 0.1) is 0 Å². The van der Waals surface area contributed by atoms with Gasteiger partial charge >= 0.3 is 0 Å². The summed E-state index contributed by atoms with van der Waals surface area (Å²) < 4.78 is 4.80. The smallest absolute Gasteiger partial charge is 0.231 e. The first-order valence-electron chi connectivity index (χ1n) is 6.56. The zero-order valence-electron chi connectivity index (χ0n) is 11.8. The average Bonchev–Trinajstić information content (AvgIpc) is 2.80. The Balaban J connectivity index is 2.23. The second-order valence-corrected chi connectivity index (χ2v) is 5.94. The Kier molecular flexibility index (Phi) is 2.74. The Morgan fingerprint density at radius 2 is 1.75 bits per heavy atom. The molecule has 2 aromatic carbocycles. The van der Waals surface area contributed by atoms with Crippen molar-refractivity contribution in [1.82, 2.24) is 5.16 Å². The van der Waals surface area contributed by atoms with Gasteiger partial charge in [0, 0.05) is 16.1 Å². The average molecular weight is 268 g/mol. The van der Waals surface area contributed by atoms with Gasteiger partial charge in [-0.15, -0.1) is 0 Å². The normalized spacial score (nSPS) is 11.9. The molecule has 1 aromatic heterocycles. The topological polar surface area (TPSA) is 53.0 Å². The molecule has 0 N–H and O–H groups in total. The summed E-state index contributed by atoms with van der Waals surface area (Å²) in [4.78, 5) is 0.491. The molecule has 4 nitrogen and oxygen atoms in total. The van der Waals surface area contributed by atoms with E-state index in [1.807, 2.05) is 63.2 Å². The molecule has 3 rings (SSSR count). The summed E-state index contributed by atoms with van der Waals surface area (Å²) >= 11 is 0. The van der Waals surface area contributed by atoms with Crippen molar-refractivity contribution in [3.63, 3.8) is 0 Å². The van der Waals surface area contributed by atoms with Crippen molar-refractivity contribution in [2.75, 3.05) is 0 Å². The first-order valence-corrected chi connectivity index (χ1v) is 6.56. The van der Waals surface area contributed by atoms with Gasteiger partial charge in [0.15, 0.2) is 0 Å². The van der Waals surface area contributed by atoms with E-state index in [1.165, 1.54) is 0 Å². The summed E-state index contributed by atoms with van der Waals surface area (Å²) in [6, 6.07) is 14.0. The van der Waals surface area contributed by atoms with E-state index in [2.05, 4.69) is 5.16 Å². The summed E-state index contributed by atoms with van der Waals surface area (Å²) in [5.41, 5.74) is 1.73. The SMILES string of the molecule is CC(C)(C)c1no[n+]([O-])c1-c1ccc2ccccc2c1. The molecule has 102 valence electrons. The quantitative estimate of drug-likeness (QED) is 0.635. The molecule has 20 heavy (non-hydrogen) atoms. The molecule has 0 aliphatic rings. The molecular formula is C16H16N2O2. The van der Waals surface area contributed by atoms with Crippen LogP contribution in [0.1, 0.15) is 26.5 Å².